The molecule has 8 heteroatoms. The Bertz CT molecular complexity index is 671. The molecular weight excluding hydrogens is 290 g/mol. The van der Waals surface area contributed by atoms with Gasteiger partial charge in [0.1, 0.15) is 5.69 Å². The highest BCUT2D eigenvalue weighted by Gasteiger charge is 2.23. The predicted molar refractivity (Wildman–Crippen MR) is 84.1 cm³/mol. The molecule has 1 unspecified atom stereocenters. The van der Waals surface area contributed by atoms with Crippen LogP contribution >= 0.6 is 11.3 Å². The molecule has 2 aromatic rings. The van der Waals surface area contributed by atoms with Crippen LogP contribution in [0.4, 0.5) is 17.5 Å². The first kappa shape index (κ1) is 15.2. The Kier molecular flexibility index (Phi) is 4.37. The van der Waals surface area contributed by atoms with E-state index in [-0.39, 0.29) is 17.5 Å². The highest BCUT2D eigenvalue weighted by molar-refractivity contribution is 7.12. The smallest absolute Gasteiger partial charge is 0.332 e. The zero-order chi connectivity index (χ0) is 15.6. The molecule has 0 fully saturated rings. The number of anilines is 2. The van der Waals surface area contributed by atoms with E-state index < -0.39 is 4.92 Å². The number of hydrogen-bond donors (Lipinski definition) is 2. The summed E-state index contributed by atoms with van der Waals surface area (Å²) in [6.07, 6.45) is 0. The minimum Gasteiger partial charge on any atom is -0.357 e. The molecule has 0 spiro atoms. The molecule has 2 rings (SSSR count). The van der Waals surface area contributed by atoms with Crippen LogP contribution in [0, 0.1) is 24.0 Å². The molecule has 2 heterocycles. The molecule has 112 valence electrons. The largest absolute Gasteiger partial charge is 0.357 e. The molecule has 21 heavy (non-hydrogen) atoms. The van der Waals surface area contributed by atoms with Crippen LogP contribution in [0.3, 0.4) is 0 Å². The van der Waals surface area contributed by atoms with Crippen LogP contribution in [-0.4, -0.2) is 21.9 Å². The van der Waals surface area contributed by atoms with Crippen LogP contribution in [0.15, 0.2) is 12.1 Å². The molecule has 0 saturated carbocycles. The standard InChI is InChI=1S/C13H17N5O2S/c1-7-5-6-10(21-7)8(2)15-12-11(18(19)20)9(3)16-13(14-4)17-12/h5-6,8H,1-4H3,(H2,14,15,16,17). The van der Waals surface area contributed by atoms with Gasteiger partial charge in [-0.25, -0.2) is 4.98 Å². The number of rotatable bonds is 5. The van der Waals surface area contributed by atoms with Gasteiger partial charge in [-0.2, -0.15) is 4.98 Å². The van der Waals surface area contributed by atoms with E-state index in [0.29, 0.717) is 11.6 Å². The zero-order valence-electron chi connectivity index (χ0n) is 12.3. The van der Waals surface area contributed by atoms with E-state index in [2.05, 4.69) is 20.6 Å². The molecule has 0 amide bonds. The maximum atomic E-state index is 11.2. The molecule has 1 atom stereocenters. The minimum absolute atomic E-state index is 0.0681. The first-order valence-corrected chi connectivity index (χ1v) is 7.27. The maximum absolute atomic E-state index is 11.2. The Balaban J connectivity index is 2.37. The van der Waals surface area contributed by atoms with Crippen molar-refractivity contribution >= 4 is 28.8 Å². The van der Waals surface area contributed by atoms with E-state index in [1.807, 2.05) is 26.0 Å². The Labute approximate surface area is 126 Å². The van der Waals surface area contributed by atoms with E-state index in [0.717, 1.165) is 4.88 Å². The average Bonchev–Trinajstić information content (AvgIpc) is 2.84. The fourth-order valence-corrected chi connectivity index (χ4v) is 2.84. The molecule has 0 bridgehead atoms. The molecular formula is C13H17N5O2S. The third-order valence-electron chi connectivity index (χ3n) is 3.01. The number of thiophene rings is 1. The summed E-state index contributed by atoms with van der Waals surface area (Å²) in [6.45, 7) is 5.58. The van der Waals surface area contributed by atoms with E-state index in [4.69, 9.17) is 0 Å². The molecule has 0 aromatic carbocycles. The highest BCUT2D eigenvalue weighted by Crippen LogP contribution is 2.31. The minimum atomic E-state index is -0.455. The van der Waals surface area contributed by atoms with Gasteiger partial charge in [-0.1, -0.05) is 0 Å². The van der Waals surface area contributed by atoms with Crippen LogP contribution in [0.5, 0.6) is 0 Å². The lowest BCUT2D eigenvalue weighted by Gasteiger charge is -2.14. The molecule has 7 nitrogen and oxygen atoms in total. The molecule has 0 radical (unpaired) electrons. The SMILES string of the molecule is CNc1nc(C)c([N+](=O)[O-])c(NC(C)c2ccc(C)s2)n1. The summed E-state index contributed by atoms with van der Waals surface area (Å²) < 4.78 is 0. The molecule has 0 aliphatic rings. The van der Waals surface area contributed by atoms with Gasteiger partial charge in [0.2, 0.25) is 11.8 Å². The quantitative estimate of drug-likeness (QED) is 0.650. The second-order valence-corrected chi connectivity index (χ2v) is 5.97. The van der Waals surface area contributed by atoms with Gasteiger partial charge >= 0.3 is 5.69 Å². The van der Waals surface area contributed by atoms with Crippen molar-refractivity contribution in [3.05, 3.63) is 37.7 Å². The third kappa shape index (κ3) is 3.27. The summed E-state index contributed by atoms with van der Waals surface area (Å²) in [5.41, 5.74) is 0.241. The lowest BCUT2D eigenvalue weighted by Crippen LogP contribution is -2.12. The van der Waals surface area contributed by atoms with Crippen molar-refractivity contribution in [3.63, 3.8) is 0 Å². The Morgan fingerprint density at radius 2 is 2.05 bits per heavy atom. The molecule has 2 N–H and O–H groups in total. The van der Waals surface area contributed by atoms with Gasteiger partial charge in [-0.15, -0.1) is 11.3 Å². The lowest BCUT2D eigenvalue weighted by molar-refractivity contribution is -0.385. The number of nitro groups is 1. The second kappa shape index (κ2) is 6.04. The summed E-state index contributed by atoms with van der Waals surface area (Å²) in [5, 5.41) is 17.2. The van der Waals surface area contributed by atoms with Gasteiger partial charge in [0.05, 0.1) is 11.0 Å². The first-order valence-electron chi connectivity index (χ1n) is 6.46. The third-order valence-corrected chi connectivity index (χ3v) is 4.19. The topological polar surface area (TPSA) is 93.0 Å². The maximum Gasteiger partial charge on any atom is 0.332 e. The summed E-state index contributed by atoms with van der Waals surface area (Å²) in [6, 6.07) is 3.97. The first-order chi connectivity index (χ1) is 9.92. The zero-order valence-corrected chi connectivity index (χ0v) is 13.1. The van der Waals surface area contributed by atoms with Crippen LogP contribution in [0.2, 0.25) is 0 Å². The fourth-order valence-electron chi connectivity index (χ4n) is 1.96. The highest BCUT2D eigenvalue weighted by atomic mass is 32.1. The Morgan fingerprint density at radius 3 is 2.57 bits per heavy atom. The van der Waals surface area contributed by atoms with Gasteiger partial charge in [0.25, 0.3) is 0 Å². The van der Waals surface area contributed by atoms with Crippen molar-refractivity contribution in [1.82, 2.24) is 9.97 Å². The van der Waals surface area contributed by atoms with Gasteiger partial charge in [-0.05, 0) is 32.9 Å². The van der Waals surface area contributed by atoms with Gasteiger partial charge < -0.3 is 10.6 Å². The number of aryl methyl sites for hydroxylation is 2. The van der Waals surface area contributed by atoms with Crippen molar-refractivity contribution < 1.29 is 4.92 Å². The monoisotopic (exact) mass is 307 g/mol. The number of nitrogens with zero attached hydrogens (tertiary/aromatic N) is 3. The predicted octanol–water partition coefficient (Wildman–Crippen LogP) is 3.28. The normalized spacial score (nSPS) is 12.0. The Morgan fingerprint density at radius 1 is 1.33 bits per heavy atom. The average molecular weight is 307 g/mol. The lowest BCUT2D eigenvalue weighted by atomic mass is 10.2. The van der Waals surface area contributed by atoms with Crippen LogP contribution in [0.25, 0.3) is 0 Å². The van der Waals surface area contributed by atoms with Crippen molar-refractivity contribution in [2.24, 2.45) is 0 Å². The van der Waals surface area contributed by atoms with Crippen LogP contribution in [0.1, 0.15) is 28.4 Å². The van der Waals surface area contributed by atoms with Gasteiger partial charge in [0, 0.05) is 16.8 Å². The number of nitrogens with one attached hydrogen (secondary N) is 2. The van der Waals surface area contributed by atoms with E-state index >= 15 is 0 Å². The molecule has 2 aromatic heterocycles. The fraction of sp³-hybridized carbons (Fsp3) is 0.385. The summed E-state index contributed by atoms with van der Waals surface area (Å²) in [7, 11) is 1.68. The van der Waals surface area contributed by atoms with Crippen LogP contribution < -0.4 is 10.6 Å². The number of hydrogen-bond acceptors (Lipinski definition) is 7. The van der Waals surface area contributed by atoms with E-state index in [1.54, 1.807) is 25.3 Å². The molecule has 0 aliphatic carbocycles. The van der Waals surface area contributed by atoms with Crippen molar-refractivity contribution in [3.8, 4) is 0 Å². The van der Waals surface area contributed by atoms with Crippen molar-refractivity contribution in [1.29, 1.82) is 0 Å². The Hall–Kier alpha value is -2.22. The van der Waals surface area contributed by atoms with E-state index in [1.165, 1.54) is 4.88 Å². The molecule has 0 aliphatic heterocycles. The second-order valence-electron chi connectivity index (χ2n) is 4.65. The van der Waals surface area contributed by atoms with Crippen molar-refractivity contribution in [2.75, 3.05) is 17.7 Å². The van der Waals surface area contributed by atoms with Gasteiger partial charge in [-0.3, -0.25) is 10.1 Å². The number of aromatic nitrogens is 2. The summed E-state index contributed by atoms with van der Waals surface area (Å²) in [4.78, 5) is 21.3. The van der Waals surface area contributed by atoms with Crippen molar-refractivity contribution in [2.45, 2.75) is 26.8 Å². The van der Waals surface area contributed by atoms with E-state index in [9.17, 15) is 10.1 Å². The molecule has 0 saturated heterocycles. The summed E-state index contributed by atoms with van der Waals surface area (Å²) in [5.74, 6) is 0.588. The van der Waals surface area contributed by atoms with Crippen LogP contribution in [-0.2, 0) is 0 Å². The summed E-state index contributed by atoms with van der Waals surface area (Å²) >= 11 is 1.65. The van der Waals surface area contributed by atoms with Gasteiger partial charge in [0.15, 0.2) is 0 Å².